The van der Waals surface area contributed by atoms with Crippen LogP contribution >= 0.6 is 0 Å². The third kappa shape index (κ3) is 3.66. The molecular formula is C13H21N3O. The van der Waals surface area contributed by atoms with Crippen molar-refractivity contribution in [1.82, 2.24) is 9.97 Å². The molecule has 0 aliphatic heterocycles. The standard InChI is InChI=1S/C13H21N3O/c1-2-3-11-7-13(16-9-15-11)14-8-10-4-5-12(17)6-10/h7,9-10,12,17H,2-6,8H2,1H3,(H,14,15,16). The van der Waals surface area contributed by atoms with Gasteiger partial charge in [0, 0.05) is 18.3 Å². The maximum absolute atomic E-state index is 9.46. The maximum atomic E-state index is 9.46. The Bertz CT molecular complexity index is 356. The topological polar surface area (TPSA) is 58.0 Å². The Morgan fingerprint density at radius 2 is 2.29 bits per heavy atom. The molecule has 2 unspecified atom stereocenters. The molecule has 1 aliphatic carbocycles. The average molecular weight is 235 g/mol. The number of hydrogen-bond acceptors (Lipinski definition) is 4. The smallest absolute Gasteiger partial charge is 0.129 e. The van der Waals surface area contributed by atoms with Crippen LogP contribution in [0.15, 0.2) is 12.4 Å². The highest BCUT2D eigenvalue weighted by Gasteiger charge is 2.22. The first-order valence-corrected chi connectivity index (χ1v) is 6.50. The monoisotopic (exact) mass is 235 g/mol. The number of aromatic nitrogens is 2. The first-order valence-electron chi connectivity index (χ1n) is 6.50. The molecule has 0 saturated heterocycles. The predicted octanol–water partition coefficient (Wildman–Crippen LogP) is 2.00. The van der Waals surface area contributed by atoms with Crippen molar-refractivity contribution < 1.29 is 5.11 Å². The molecule has 2 atom stereocenters. The number of nitrogens with zero attached hydrogens (tertiary/aromatic N) is 2. The molecule has 1 heterocycles. The normalized spacial score (nSPS) is 23.9. The maximum Gasteiger partial charge on any atom is 0.129 e. The van der Waals surface area contributed by atoms with E-state index in [0.29, 0.717) is 5.92 Å². The minimum Gasteiger partial charge on any atom is -0.393 e. The first kappa shape index (κ1) is 12.3. The molecule has 1 aliphatic rings. The molecule has 0 radical (unpaired) electrons. The van der Waals surface area contributed by atoms with E-state index in [4.69, 9.17) is 0 Å². The Balaban J connectivity index is 1.83. The lowest BCUT2D eigenvalue weighted by Crippen LogP contribution is -2.13. The molecule has 0 bridgehead atoms. The number of aliphatic hydroxyl groups excluding tert-OH is 1. The molecule has 2 rings (SSSR count). The van der Waals surface area contributed by atoms with Gasteiger partial charge in [-0.25, -0.2) is 9.97 Å². The van der Waals surface area contributed by atoms with Gasteiger partial charge in [-0.15, -0.1) is 0 Å². The fourth-order valence-electron chi connectivity index (χ4n) is 2.37. The predicted molar refractivity (Wildman–Crippen MR) is 67.9 cm³/mol. The van der Waals surface area contributed by atoms with Crippen LogP contribution in [0.1, 0.15) is 38.3 Å². The highest BCUT2D eigenvalue weighted by Crippen LogP contribution is 2.25. The summed E-state index contributed by atoms with van der Waals surface area (Å²) in [6.45, 7) is 3.05. The Labute approximate surface area is 102 Å². The van der Waals surface area contributed by atoms with Crippen molar-refractivity contribution >= 4 is 5.82 Å². The average Bonchev–Trinajstić information content (AvgIpc) is 2.74. The zero-order valence-electron chi connectivity index (χ0n) is 10.4. The molecule has 1 aromatic rings. The van der Waals surface area contributed by atoms with E-state index in [0.717, 1.165) is 50.2 Å². The summed E-state index contributed by atoms with van der Waals surface area (Å²) in [6.07, 6.45) is 6.60. The van der Waals surface area contributed by atoms with Crippen LogP contribution in [0.4, 0.5) is 5.82 Å². The molecule has 0 amide bonds. The molecule has 0 spiro atoms. The second kappa shape index (κ2) is 5.96. The van der Waals surface area contributed by atoms with Gasteiger partial charge in [0.2, 0.25) is 0 Å². The second-order valence-corrected chi connectivity index (χ2v) is 4.86. The van der Waals surface area contributed by atoms with Gasteiger partial charge in [-0.1, -0.05) is 13.3 Å². The lowest BCUT2D eigenvalue weighted by Gasteiger charge is -2.11. The van der Waals surface area contributed by atoms with E-state index in [9.17, 15) is 5.11 Å². The van der Waals surface area contributed by atoms with Crippen molar-refractivity contribution in [2.45, 2.75) is 45.1 Å². The Morgan fingerprint density at radius 3 is 3.00 bits per heavy atom. The number of anilines is 1. The highest BCUT2D eigenvalue weighted by atomic mass is 16.3. The van der Waals surface area contributed by atoms with E-state index in [-0.39, 0.29) is 6.10 Å². The summed E-state index contributed by atoms with van der Waals surface area (Å²) in [7, 11) is 0. The summed E-state index contributed by atoms with van der Waals surface area (Å²) in [5.41, 5.74) is 1.09. The van der Waals surface area contributed by atoms with E-state index in [1.54, 1.807) is 6.33 Å². The quantitative estimate of drug-likeness (QED) is 0.819. The van der Waals surface area contributed by atoms with Crippen molar-refractivity contribution in [3.8, 4) is 0 Å². The fourth-order valence-corrected chi connectivity index (χ4v) is 2.37. The molecule has 1 aromatic heterocycles. The summed E-state index contributed by atoms with van der Waals surface area (Å²) in [5.74, 6) is 1.49. The molecule has 1 saturated carbocycles. The number of rotatable bonds is 5. The Morgan fingerprint density at radius 1 is 1.41 bits per heavy atom. The van der Waals surface area contributed by atoms with Crippen LogP contribution in [-0.4, -0.2) is 27.7 Å². The van der Waals surface area contributed by atoms with Crippen molar-refractivity contribution in [3.63, 3.8) is 0 Å². The third-order valence-electron chi connectivity index (χ3n) is 3.32. The molecule has 0 aromatic carbocycles. The van der Waals surface area contributed by atoms with Gasteiger partial charge in [-0.05, 0) is 31.6 Å². The number of nitrogens with one attached hydrogen (secondary N) is 1. The van der Waals surface area contributed by atoms with E-state index in [2.05, 4.69) is 22.2 Å². The van der Waals surface area contributed by atoms with Gasteiger partial charge in [0.05, 0.1) is 6.10 Å². The minimum atomic E-state index is -0.0946. The zero-order valence-corrected chi connectivity index (χ0v) is 10.4. The number of aryl methyl sites for hydroxylation is 1. The molecule has 1 fully saturated rings. The van der Waals surface area contributed by atoms with E-state index >= 15 is 0 Å². The van der Waals surface area contributed by atoms with Crippen LogP contribution in [0.5, 0.6) is 0 Å². The summed E-state index contributed by atoms with van der Waals surface area (Å²) in [6, 6.07) is 2.02. The van der Waals surface area contributed by atoms with Gasteiger partial charge in [0.15, 0.2) is 0 Å². The Hall–Kier alpha value is -1.16. The van der Waals surface area contributed by atoms with Crippen LogP contribution in [0.2, 0.25) is 0 Å². The molecule has 17 heavy (non-hydrogen) atoms. The molecule has 94 valence electrons. The van der Waals surface area contributed by atoms with E-state index in [1.807, 2.05) is 6.07 Å². The van der Waals surface area contributed by atoms with Gasteiger partial charge < -0.3 is 10.4 Å². The van der Waals surface area contributed by atoms with Crippen LogP contribution < -0.4 is 5.32 Å². The van der Waals surface area contributed by atoms with Gasteiger partial charge in [-0.2, -0.15) is 0 Å². The van der Waals surface area contributed by atoms with Crippen LogP contribution in [-0.2, 0) is 6.42 Å². The summed E-state index contributed by atoms with van der Waals surface area (Å²) < 4.78 is 0. The summed E-state index contributed by atoms with van der Waals surface area (Å²) >= 11 is 0. The molecule has 4 nitrogen and oxygen atoms in total. The highest BCUT2D eigenvalue weighted by molar-refractivity contribution is 5.34. The van der Waals surface area contributed by atoms with Gasteiger partial charge in [0.25, 0.3) is 0 Å². The summed E-state index contributed by atoms with van der Waals surface area (Å²) in [5, 5.41) is 12.8. The third-order valence-corrected chi connectivity index (χ3v) is 3.32. The van der Waals surface area contributed by atoms with Crippen molar-refractivity contribution in [2.24, 2.45) is 5.92 Å². The second-order valence-electron chi connectivity index (χ2n) is 4.86. The largest absolute Gasteiger partial charge is 0.393 e. The SMILES string of the molecule is CCCc1cc(NCC2CCC(O)C2)ncn1. The van der Waals surface area contributed by atoms with Gasteiger partial charge >= 0.3 is 0 Å². The Kier molecular flexibility index (Phi) is 4.31. The summed E-state index contributed by atoms with van der Waals surface area (Å²) in [4.78, 5) is 8.45. The fraction of sp³-hybridized carbons (Fsp3) is 0.692. The van der Waals surface area contributed by atoms with Crippen LogP contribution in [0, 0.1) is 5.92 Å². The van der Waals surface area contributed by atoms with Crippen molar-refractivity contribution in [1.29, 1.82) is 0 Å². The zero-order chi connectivity index (χ0) is 12.1. The van der Waals surface area contributed by atoms with Crippen molar-refractivity contribution in [3.05, 3.63) is 18.1 Å². The van der Waals surface area contributed by atoms with Crippen LogP contribution in [0.3, 0.4) is 0 Å². The van der Waals surface area contributed by atoms with Crippen LogP contribution in [0.25, 0.3) is 0 Å². The molecule has 4 heteroatoms. The number of aliphatic hydroxyl groups is 1. The number of hydrogen-bond donors (Lipinski definition) is 2. The lowest BCUT2D eigenvalue weighted by molar-refractivity contribution is 0.178. The van der Waals surface area contributed by atoms with E-state index < -0.39 is 0 Å². The molecule has 2 N–H and O–H groups in total. The molecular weight excluding hydrogens is 214 g/mol. The van der Waals surface area contributed by atoms with Crippen molar-refractivity contribution in [2.75, 3.05) is 11.9 Å². The van der Waals surface area contributed by atoms with Gasteiger partial charge in [-0.3, -0.25) is 0 Å². The minimum absolute atomic E-state index is 0.0946. The van der Waals surface area contributed by atoms with Gasteiger partial charge in [0.1, 0.15) is 12.1 Å². The lowest BCUT2D eigenvalue weighted by atomic mass is 10.1. The van der Waals surface area contributed by atoms with E-state index in [1.165, 1.54) is 0 Å². The first-order chi connectivity index (χ1) is 8.28.